The van der Waals surface area contributed by atoms with Gasteiger partial charge in [-0.05, 0) is 17.9 Å². The number of esters is 1. The topological polar surface area (TPSA) is 183 Å². The maximum atomic E-state index is 13.6. The normalized spacial score (nSPS) is 18.3. The lowest BCUT2D eigenvalue weighted by Crippen LogP contribution is -2.63. The monoisotopic (exact) mass is 554 g/mol. The molecule has 2 heterocycles. The minimum atomic E-state index is -2.13. The van der Waals surface area contributed by atoms with Gasteiger partial charge in [0.1, 0.15) is 11.7 Å². The molecule has 3 atom stereocenters. The number of nitrogens with one attached hydrogen (secondary N) is 2. The molecule has 0 bridgehead atoms. The number of carbonyl (C=O) groups excluding carboxylic acids is 4. The Bertz CT molecular complexity index is 1210. The van der Waals surface area contributed by atoms with Crippen molar-refractivity contribution in [3.8, 4) is 0 Å². The van der Waals surface area contributed by atoms with E-state index in [1.807, 2.05) is 19.9 Å². The van der Waals surface area contributed by atoms with Crippen LogP contribution < -0.4 is 10.6 Å². The Kier molecular flexibility index (Phi) is 10.3. The smallest absolute Gasteiger partial charge is 0.508 e. The van der Waals surface area contributed by atoms with Crippen LogP contribution in [-0.2, 0) is 39.6 Å². The molecule has 1 fully saturated rings. The van der Waals surface area contributed by atoms with Crippen LogP contribution >= 0.6 is 0 Å². The van der Waals surface area contributed by atoms with Crippen LogP contribution in [0.4, 0.5) is 0 Å². The molecule has 2 amide bonds. The average molecular weight is 554 g/mol. The van der Waals surface area contributed by atoms with E-state index in [1.54, 1.807) is 24.3 Å². The Labute approximate surface area is 231 Å². The van der Waals surface area contributed by atoms with E-state index in [0.29, 0.717) is 0 Å². The fourth-order valence-corrected chi connectivity index (χ4v) is 4.32. The largest absolute Gasteiger partial charge is 0.552 e. The summed E-state index contributed by atoms with van der Waals surface area (Å²) in [6.45, 7) is 3.71. The number of methoxy groups -OCH3 is 1. The second-order valence-electron chi connectivity index (χ2n) is 9.76. The van der Waals surface area contributed by atoms with E-state index in [0.717, 1.165) is 12.7 Å². The van der Waals surface area contributed by atoms with Crippen LogP contribution in [0.1, 0.15) is 49.2 Å². The third kappa shape index (κ3) is 8.09. The number of amides is 2. The van der Waals surface area contributed by atoms with Crippen molar-refractivity contribution < 1.29 is 43.1 Å². The molecule has 0 spiro atoms. The molecule has 0 unspecified atom stereocenters. The van der Waals surface area contributed by atoms with Crippen molar-refractivity contribution in [2.24, 2.45) is 5.92 Å². The second-order valence-corrected chi connectivity index (χ2v) is 9.76. The number of hydrogen-bond donors (Lipinski definition) is 3. The Balaban J connectivity index is 1.89. The third-order valence-corrected chi connectivity index (χ3v) is 6.10. The zero-order valence-electron chi connectivity index (χ0n) is 22.4. The molecule has 1 saturated heterocycles. The molecule has 13 nitrogen and oxygen atoms in total. The molecule has 2 aromatic rings. The van der Waals surface area contributed by atoms with Crippen molar-refractivity contribution in [2.75, 3.05) is 7.11 Å². The maximum absolute atomic E-state index is 13.6. The summed E-state index contributed by atoms with van der Waals surface area (Å²) in [4.78, 5) is 71.0. The first-order chi connectivity index (χ1) is 19.0. The van der Waals surface area contributed by atoms with E-state index in [9.17, 15) is 29.1 Å². The summed E-state index contributed by atoms with van der Waals surface area (Å²) in [5.74, 6) is -5.63. The first-order valence-electron chi connectivity index (χ1n) is 12.6. The molecular weight excluding hydrogens is 523 g/mol. The zero-order chi connectivity index (χ0) is 29.3. The van der Waals surface area contributed by atoms with Gasteiger partial charge < -0.3 is 29.8 Å². The summed E-state index contributed by atoms with van der Waals surface area (Å²) in [6.07, 6.45) is 2.84. The van der Waals surface area contributed by atoms with Crippen LogP contribution in [-0.4, -0.2) is 76.6 Å². The van der Waals surface area contributed by atoms with Crippen LogP contribution in [0.25, 0.3) is 0 Å². The maximum Gasteiger partial charge on any atom is 0.552 e. The standard InChI is InChI=1S/C26H31BN4O9/c1-16(2)11-20(27-39-22(34)14-26(40-27,13-21(32)33)25(37)38-3)31-23(35)18(12-17-7-5-4-6-8-17)30-24(36)19-15-28-9-10-29-19/h4-10,15-16,18,20H,11-14H2,1-3H3,(H,30,36)(H,31,35)(H,32,33)/t18-,20-,26+/m0/s1. The van der Waals surface area contributed by atoms with Gasteiger partial charge in [0.2, 0.25) is 5.91 Å². The van der Waals surface area contributed by atoms with E-state index in [2.05, 4.69) is 20.6 Å². The molecular formula is C26H31BN4O9. The van der Waals surface area contributed by atoms with E-state index >= 15 is 0 Å². The summed E-state index contributed by atoms with van der Waals surface area (Å²) in [6, 6.07) is 7.90. The van der Waals surface area contributed by atoms with Gasteiger partial charge in [-0.3, -0.25) is 24.2 Å². The molecule has 3 N–H and O–H groups in total. The lowest BCUT2D eigenvalue weighted by molar-refractivity contribution is -0.177. The molecule has 14 heteroatoms. The van der Waals surface area contributed by atoms with Crippen molar-refractivity contribution in [1.29, 1.82) is 0 Å². The predicted molar refractivity (Wildman–Crippen MR) is 139 cm³/mol. The van der Waals surface area contributed by atoms with Crippen LogP contribution in [0.3, 0.4) is 0 Å². The summed E-state index contributed by atoms with van der Waals surface area (Å²) in [5, 5.41) is 14.8. The summed E-state index contributed by atoms with van der Waals surface area (Å²) in [7, 11) is -0.454. The fraction of sp³-hybridized carbons (Fsp3) is 0.423. The van der Waals surface area contributed by atoms with Crippen LogP contribution in [0.15, 0.2) is 48.9 Å². The Hall–Kier alpha value is -4.33. The fourth-order valence-electron chi connectivity index (χ4n) is 4.32. The predicted octanol–water partition coefficient (Wildman–Crippen LogP) is 0.726. The number of aliphatic carboxylic acids is 1. The molecule has 3 rings (SSSR count). The highest BCUT2D eigenvalue weighted by Crippen LogP contribution is 2.31. The van der Waals surface area contributed by atoms with Crippen LogP contribution in [0.2, 0.25) is 0 Å². The number of benzene rings is 1. The minimum Gasteiger partial charge on any atom is -0.508 e. The van der Waals surface area contributed by atoms with Gasteiger partial charge in [0.15, 0.2) is 5.60 Å². The van der Waals surface area contributed by atoms with Gasteiger partial charge >= 0.3 is 19.1 Å². The lowest BCUT2D eigenvalue weighted by Gasteiger charge is -2.38. The summed E-state index contributed by atoms with van der Waals surface area (Å²) >= 11 is 0. The number of carboxylic acids is 1. The van der Waals surface area contributed by atoms with E-state index < -0.39 is 67.3 Å². The minimum absolute atomic E-state index is 0.00756. The van der Waals surface area contributed by atoms with Crippen molar-refractivity contribution >= 4 is 36.8 Å². The number of carbonyl (C=O) groups is 5. The Morgan fingerprint density at radius 1 is 1.15 bits per heavy atom. The lowest BCUT2D eigenvalue weighted by atomic mass is 9.70. The highest BCUT2D eigenvalue weighted by atomic mass is 16.7. The number of nitrogens with zero attached hydrogens (tertiary/aromatic N) is 2. The molecule has 0 aliphatic carbocycles. The number of hydrogen-bond acceptors (Lipinski definition) is 10. The van der Waals surface area contributed by atoms with E-state index in [-0.39, 0.29) is 24.5 Å². The molecule has 1 aliphatic heterocycles. The van der Waals surface area contributed by atoms with Gasteiger partial charge in [-0.1, -0.05) is 44.2 Å². The molecule has 1 aromatic heterocycles. The highest BCUT2D eigenvalue weighted by Gasteiger charge is 2.55. The zero-order valence-corrected chi connectivity index (χ0v) is 22.4. The molecule has 1 aromatic carbocycles. The molecule has 1 aliphatic rings. The first kappa shape index (κ1) is 30.2. The summed E-state index contributed by atoms with van der Waals surface area (Å²) in [5.41, 5.74) is -1.37. The number of aromatic nitrogens is 2. The number of carboxylic acid groups (broad SMARTS) is 1. The second kappa shape index (κ2) is 13.6. The average Bonchev–Trinajstić information content (AvgIpc) is 2.91. The Morgan fingerprint density at radius 3 is 2.48 bits per heavy atom. The molecule has 0 radical (unpaired) electrons. The Morgan fingerprint density at radius 2 is 1.88 bits per heavy atom. The van der Waals surface area contributed by atoms with Gasteiger partial charge in [0.05, 0.1) is 32.1 Å². The molecule has 40 heavy (non-hydrogen) atoms. The van der Waals surface area contributed by atoms with Crippen molar-refractivity contribution in [2.45, 2.75) is 57.1 Å². The number of ether oxygens (including phenoxy) is 1. The first-order valence-corrected chi connectivity index (χ1v) is 12.6. The van der Waals surface area contributed by atoms with E-state index in [4.69, 9.17) is 14.0 Å². The van der Waals surface area contributed by atoms with Crippen molar-refractivity contribution in [3.05, 3.63) is 60.2 Å². The van der Waals surface area contributed by atoms with Crippen LogP contribution in [0.5, 0.6) is 0 Å². The molecule has 212 valence electrons. The van der Waals surface area contributed by atoms with Gasteiger partial charge in [-0.15, -0.1) is 0 Å². The van der Waals surface area contributed by atoms with Gasteiger partial charge in [0, 0.05) is 18.8 Å². The molecule has 0 saturated carbocycles. The van der Waals surface area contributed by atoms with Gasteiger partial charge in [-0.2, -0.15) is 0 Å². The van der Waals surface area contributed by atoms with Crippen molar-refractivity contribution in [3.63, 3.8) is 0 Å². The SMILES string of the molecule is COC(=O)[C@@]1(CC(=O)O)CC(=O)OB([C@H](CC(C)C)NC(=O)[C@H](Cc2ccccc2)NC(=O)c2cnccn2)O1. The quantitative estimate of drug-likeness (QED) is 0.248. The highest BCUT2D eigenvalue weighted by molar-refractivity contribution is 6.50. The number of rotatable bonds is 12. The van der Waals surface area contributed by atoms with Crippen LogP contribution in [0, 0.1) is 5.92 Å². The summed E-state index contributed by atoms with van der Waals surface area (Å²) < 4.78 is 15.9. The third-order valence-electron chi connectivity index (χ3n) is 6.10. The van der Waals surface area contributed by atoms with Gasteiger partial charge in [-0.25, -0.2) is 9.78 Å². The van der Waals surface area contributed by atoms with Crippen molar-refractivity contribution in [1.82, 2.24) is 20.6 Å². The van der Waals surface area contributed by atoms with Gasteiger partial charge in [0.25, 0.3) is 11.9 Å². The van der Waals surface area contributed by atoms with E-state index in [1.165, 1.54) is 18.6 Å².